The van der Waals surface area contributed by atoms with Crippen molar-refractivity contribution >= 4 is 40.7 Å². The van der Waals surface area contributed by atoms with Gasteiger partial charge in [-0.1, -0.05) is 25.5 Å². The van der Waals surface area contributed by atoms with Gasteiger partial charge in [0.1, 0.15) is 11.9 Å². The lowest BCUT2D eigenvalue weighted by Gasteiger charge is -2.20. The Bertz CT molecular complexity index is 1010. The van der Waals surface area contributed by atoms with Gasteiger partial charge < -0.3 is 15.5 Å². The van der Waals surface area contributed by atoms with Gasteiger partial charge >= 0.3 is 0 Å². The van der Waals surface area contributed by atoms with Crippen molar-refractivity contribution in [2.24, 2.45) is 0 Å². The average molecular weight is 472 g/mol. The maximum atomic E-state index is 14.2. The summed E-state index contributed by atoms with van der Waals surface area (Å²) in [6.45, 7) is 5.35. The predicted octanol–water partition coefficient (Wildman–Crippen LogP) is 4.64. The maximum absolute atomic E-state index is 14.2. The number of nitrogens with zero attached hydrogens (tertiary/aromatic N) is 1. The van der Waals surface area contributed by atoms with E-state index in [-0.39, 0.29) is 33.8 Å². The third kappa shape index (κ3) is 7.05. The summed E-state index contributed by atoms with van der Waals surface area (Å²) in [6.07, 6.45) is 3.56. The molecular weight excluding hydrogens is 441 g/mol. The summed E-state index contributed by atoms with van der Waals surface area (Å²) in [7, 11) is 0. The molecule has 0 radical (unpaired) electrons. The molecule has 1 aliphatic rings. The first-order valence-electron chi connectivity index (χ1n) is 11.3. The zero-order chi connectivity index (χ0) is 23.8. The first kappa shape index (κ1) is 24.8. The molecule has 2 N–H and O–H groups in total. The molecule has 33 heavy (non-hydrogen) atoms. The molecule has 8 heteroatoms. The Hall–Kier alpha value is -2.87. The van der Waals surface area contributed by atoms with Crippen LogP contribution in [0.25, 0.3) is 0 Å². The van der Waals surface area contributed by atoms with Crippen LogP contribution in [0, 0.1) is 5.82 Å². The third-order valence-corrected chi connectivity index (χ3v) is 6.56. The molecule has 1 fully saturated rings. The monoisotopic (exact) mass is 471 g/mol. The summed E-state index contributed by atoms with van der Waals surface area (Å²) in [5.41, 5.74) is 2.06. The van der Waals surface area contributed by atoms with Gasteiger partial charge in [0.25, 0.3) is 0 Å². The van der Waals surface area contributed by atoms with Crippen molar-refractivity contribution in [3.63, 3.8) is 0 Å². The van der Waals surface area contributed by atoms with Crippen LogP contribution in [0.2, 0.25) is 0 Å². The largest absolute Gasteiger partial charge is 0.371 e. The maximum Gasteiger partial charge on any atom is 0.246 e. The Balaban J connectivity index is 1.57. The van der Waals surface area contributed by atoms with Gasteiger partial charge in [0, 0.05) is 34.9 Å². The number of benzene rings is 2. The quantitative estimate of drug-likeness (QED) is 0.390. The van der Waals surface area contributed by atoms with Crippen LogP contribution in [-0.4, -0.2) is 42.5 Å². The van der Waals surface area contributed by atoms with Crippen LogP contribution in [0.5, 0.6) is 0 Å². The number of nitrogens with one attached hydrogen (secondary N) is 2. The number of halogens is 1. The number of rotatable bonds is 10. The number of amides is 2. The van der Waals surface area contributed by atoms with Crippen LogP contribution in [0.4, 0.5) is 15.8 Å². The summed E-state index contributed by atoms with van der Waals surface area (Å²) < 4.78 is 14.2. The first-order valence-corrected chi connectivity index (χ1v) is 12.2. The van der Waals surface area contributed by atoms with Crippen molar-refractivity contribution in [1.29, 1.82) is 0 Å². The number of carbonyl (C=O) groups is 3. The Morgan fingerprint density at radius 1 is 1.12 bits per heavy atom. The summed E-state index contributed by atoms with van der Waals surface area (Å²) >= 11 is 1.03. The number of carbonyl (C=O) groups excluding carboxylic acids is 3. The number of hydrogen-bond acceptors (Lipinski definition) is 5. The highest BCUT2D eigenvalue weighted by atomic mass is 32.2. The molecule has 3 rings (SSSR count). The summed E-state index contributed by atoms with van der Waals surface area (Å²) in [5, 5.41) is 5.68. The molecule has 1 atom stereocenters. The normalized spacial score (nSPS) is 14.1. The molecule has 2 amide bonds. The zero-order valence-corrected chi connectivity index (χ0v) is 19.8. The van der Waals surface area contributed by atoms with Gasteiger partial charge in [-0.05, 0) is 56.5 Å². The van der Waals surface area contributed by atoms with E-state index in [1.807, 2.05) is 31.2 Å². The summed E-state index contributed by atoms with van der Waals surface area (Å²) in [6, 6.07) is 11.3. The SMILES string of the molecule is CCCC(NC(=O)CSc1ccc(C(C)=O)cc1F)C(=O)Nc1cccc(N2CCCC2)c1. The van der Waals surface area contributed by atoms with Crippen molar-refractivity contribution in [1.82, 2.24) is 5.32 Å². The van der Waals surface area contributed by atoms with Gasteiger partial charge in [-0.25, -0.2) is 4.39 Å². The second kappa shape index (κ2) is 11.8. The molecule has 0 aliphatic carbocycles. The zero-order valence-electron chi connectivity index (χ0n) is 19.0. The van der Waals surface area contributed by atoms with E-state index in [0.717, 1.165) is 37.0 Å². The Morgan fingerprint density at radius 2 is 1.88 bits per heavy atom. The average Bonchev–Trinajstić information content (AvgIpc) is 3.33. The lowest BCUT2D eigenvalue weighted by atomic mass is 10.1. The molecule has 1 saturated heterocycles. The fourth-order valence-corrected chi connectivity index (χ4v) is 4.49. The van der Waals surface area contributed by atoms with Crippen LogP contribution in [0.3, 0.4) is 0 Å². The molecule has 0 spiro atoms. The number of anilines is 2. The minimum Gasteiger partial charge on any atom is -0.371 e. The molecule has 0 saturated carbocycles. The van der Waals surface area contributed by atoms with Gasteiger partial charge in [0.05, 0.1) is 5.75 Å². The topological polar surface area (TPSA) is 78.5 Å². The molecule has 2 aromatic carbocycles. The van der Waals surface area contributed by atoms with Gasteiger partial charge in [-0.2, -0.15) is 0 Å². The molecule has 1 unspecified atom stereocenters. The smallest absolute Gasteiger partial charge is 0.246 e. The van der Waals surface area contributed by atoms with Gasteiger partial charge in [-0.15, -0.1) is 11.8 Å². The van der Waals surface area contributed by atoms with Crippen molar-refractivity contribution in [2.45, 2.75) is 50.5 Å². The molecule has 2 aromatic rings. The highest BCUT2D eigenvalue weighted by Crippen LogP contribution is 2.24. The summed E-state index contributed by atoms with van der Waals surface area (Å²) in [5.74, 6) is -1.42. The fraction of sp³-hybridized carbons (Fsp3) is 0.400. The fourth-order valence-electron chi connectivity index (χ4n) is 3.76. The standard InChI is InChI=1S/C25H30FN3O3S/c1-3-7-22(25(32)27-19-8-6-9-20(15-19)29-12-4-5-13-29)28-24(31)16-33-23-11-10-18(17(2)30)14-21(23)26/h6,8-11,14-15,22H,3-5,7,12-13,16H2,1-2H3,(H,27,32)(H,28,31). The minimum atomic E-state index is -0.677. The van der Waals surface area contributed by atoms with Crippen molar-refractivity contribution < 1.29 is 18.8 Å². The van der Waals surface area contributed by atoms with Crippen LogP contribution in [0.15, 0.2) is 47.4 Å². The van der Waals surface area contributed by atoms with Crippen LogP contribution in [-0.2, 0) is 9.59 Å². The molecule has 6 nitrogen and oxygen atoms in total. The summed E-state index contributed by atoms with van der Waals surface area (Å²) in [4.78, 5) is 39.3. The van der Waals surface area contributed by atoms with E-state index in [4.69, 9.17) is 0 Å². The number of ketones is 1. The molecule has 1 heterocycles. The van der Waals surface area contributed by atoms with Crippen LogP contribution < -0.4 is 15.5 Å². The van der Waals surface area contributed by atoms with Crippen molar-refractivity contribution in [2.75, 3.05) is 29.1 Å². The second-order valence-electron chi connectivity index (χ2n) is 8.13. The van der Waals surface area contributed by atoms with E-state index in [1.54, 1.807) is 0 Å². The van der Waals surface area contributed by atoms with Gasteiger partial charge in [0.15, 0.2) is 5.78 Å². The number of hydrogen-bond donors (Lipinski definition) is 2. The van der Waals surface area contributed by atoms with E-state index >= 15 is 0 Å². The Labute approximate surface area is 198 Å². The first-order chi connectivity index (χ1) is 15.9. The van der Waals surface area contributed by atoms with E-state index in [0.29, 0.717) is 12.1 Å². The Kier molecular flexibility index (Phi) is 8.88. The lowest BCUT2D eigenvalue weighted by Crippen LogP contribution is -2.44. The van der Waals surface area contributed by atoms with E-state index in [2.05, 4.69) is 15.5 Å². The van der Waals surface area contributed by atoms with Crippen molar-refractivity contribution in [3.8, 4) is 0 Å². The minimum absolute atomic E-state index is 0.0335. The predicted molar refractivity (Wildman–Crippen MR) is 130 cm³/mol. The molecule has 176 valence electrons. The van der Waals surface area contributed by atoms with Crippen LogP contribution >= 0.6 is 11.8 Å². The highest BCUT2D eigenvalue weighted by Gasteiger charge is 2.21. The highest BCUT2D eigenvalue weighted by molar-refractivity contribution is 8.00. The second-order valence-corrected chi connectivity index (χ2v) is 9.15. The van der Waals surface area contributed by atoms with E-state index in [9.17, 15) is 18.8 Å². The lowest BCUT2D eigenvalue weighted by molar-refractivity contribution is -0.125. The Morgan fingerprint density at radius 3 is 2.55 bits per heavy atom. The van der Waals surface area contributed by atoms with Gasteiger partial charge in [0.2, 0.25) is 11.8 Å². The molecular formula is C25H30FN3O3S. The number of Topliss-reactive ketones (excluding diaryl/α,β-unsaturated/α-hetero) is 1. The molecule has 0 aromatic heterocycles. The third-order valence-electron chi connectivity index (χ3n) is 5.51. The molecule has 0 bridgehead atoms. The van der Waals surface area contributed by atoms with Gasteiger partial charge in [-0.3, -0.25) is 14.4 Å². The van der Waals surface area contributed by atoms with Crippen LogP contribution in [0.1, 0.15) is 49.9 Å². The van der Waals surface area contributed by atoms with Crippen molar-refractivity contribution in [3.05, 3.63) is 53.8 Å². The number of thioether (sulfide) groups is 1. The molecule has 1 aliphatic heterocycles. The van der Waals surface area contributed by atoms with E-state index < -0.39 is 11.9 Å². The van der Waals surface area contributed by atoms with E-state index in [1.165, 1.54) is 38.0 Å².